The van der Waals surface area contributed by atoms with Crippen LogP contribution in [0.25, 0.3) is 0 Å². The first-order valence-corrected chi connectivity index (χ1v) is 11.9. The van der Waals surface area contributed by atoms with E-state index >= 15 is 0 Å². The number of nitrogens with zero attached hydrogens (tertiary/aromatic N) is 2. The Morgan fingerprint density at radius 2 is 2.00 bits per heavy atom. The molecule has 2 aromatic rings. The van der Waals surface area contributed by atoms with Gasteiger partial charge in [-0.3, -0.25) is 0 Å². The minimum atomic E-state index is -3.65. The summed E-state index contributed by atoms with van der Waals surface area (Å²) in [6.07, 6.45) is 1.18. The second-order valence-electron chi connectivity index (χ2n) is 6.79. The van der Waals surface area contributed by atoms with Crippen molar-refractivity contribution in [1.29, 1.82) is 0 Å². The van der Waals surface area contributed by atoms with Gasteiger partial charge in [0.05, 0.1) is 29.0 Å². The van der Waals surface area contributed by atoms with Crippen molar-refractivity contribution in [2.24, 2.45) is 0 Å². The first-order valence-electron chi connectivity index (χ1n) is 8.54. The molecule has 7 nitrogen and oxygen atoms in total. The van der Waals surface area contributed by atoms with E-state index in [1.807, 2.05) is 30.3 Å². The molecule has 1 atom stereocenters. The van der Waals surface area contributed by atoms with Gasteiger partial charge in [-0.2, -0.15) is 4.31 Å². The second kappa shape index (κ2) is 6.47. The van der Waals surface area contributed by atoms with Gasteiger partial charge in [0.2, 0.25) is 10.0 Å². The van der Waals surface area contributed by atoms with Crippen LogP contribution in [0.5, 0.6) is 0 Å². The molecular weight excluding hydrogens is 376 g/mol. The Bertz CT molecular complexity index is 1010. The minimum absolute atomic E-state index is 0.0544. The number of hydrogen-bond acceptors (Lipinski definition) is 6. The number of oxazole rings is 1. The monoisotopic (exact) mass is 396 g/mol. The molecule has 1 aromatic heterocycles. The molecule has 0 spiro atoms. The fourth-order valence-corrected chi connectivity index (χ4v) is 7.99. The highest BCUT2D eigenvalue weighted by Crippen LogP contribution is 2.28. The van der Waals surface area contributed by atoms with Crippen LogP contribution in [0.15, 0.2) is 34.7 Å². The fourth-order valence-electron chi connectivity index (χ4n) is 3.50. The summed E-state index contributed by atoms with van der Waals surface area (Å²) in [5, 5.41) is -0.843. The summed E-state index contributed by atoms with van der Waals surface area (Å²) < 4.78 is 56.0. The quantitative estimate of drug-likeness (QED) is 0.769. The molecular formula is C17H20N2O5S2. The van der Waals surface area contributed by atoms with Crippen molar-refractivity contribution in [3.8, 4) is 0 Å². The van der Waals surface area contributed by atoms with E-state index in [2.05, 4.69) is 4.98 Å². The molecule has 2 aliphatic rings. The Labute approximate surface area is 153 Å². The van der Waals surface area contributed by atoms with E-state index in [9.17, 15) is 16.8 Å². The van der Waals surface area contributed by atoms with Crippen LogP contribution in [0.1, 0.15) is 29.3 Å². The van der Waals surface area contributed by atoms with Gasteiger partial charge in [-0.1, -0.05) is 30.3 Å². The summed E-state index contributed by atoms with van der Waals surface area (Å²) in [7, 11) is -6.90. The van der Waals surface area contributed by atoms with Crippen molar-refractivity contribution in [1.82, 2.24) is 9.29 Å². The molecule has 2 aliphatic heterocycles. The van der Waals surface area contributed by atoms with Crippen LogP contribution >= 0.6 is 0 Å². The second-order valence-corrected chi connectivity index (χ2v) is 11.2. The lowest BCUT2D eigenvalue weighted by Crippen LogP contribution is -2.42. The Morgan fingerprint density at radius 1 is 1.23 bits per heavy atom. The topological polar surface area (TPSA) is 97.5 Å². The van der Waals surface area contributed by atoms with Crippen LogP contribution in [0.2, 0.25) is 0 Å². The highest BCUT2D eigenvalue weighted by Gasteiger charge is 2.42. The van der Waals surface area contributed by atoms with Crippen LogP contribution in [-0.2, 0) is 39.2 Å². The Balaban J connectivity index is 1.51. The average molecular weight is 396 g/mol. The van der Waals surface area contributed by atoms with Crippen LogP contribution in [0.4, 0.5) is 0 Å². The van der Waals surface area contributed by atoms with Crippen molar-refractivity contribution in [3.05, 3.63) is 53.2 Å². The largest absolute Gasteiger partial charge is 0.445 e. The van der Waals surface area contributed by atoms with E-state index in [1.54, 1.807) is 0 Å². The molecule has 26 heavy (non-hydrogen) atoms. The third kappa shape index (κ3) is 3.43. The molecule has 0 amide bonds. The smallest absolute Gasteiger partial charge is 0.218 e. The predicted molar refractivity (Wildman–Crippen MR) is 95.8 cm³/mol. The molecule has 0 N–H and O–H groups in total. The summed E-state index contributed by atoms with van der Waals surface area (Å²) in [6.45, 7) is 0.443. The number of rotatable bonds is 4. The number of sulfonamides is 1. The summed E-state index contributed by atoms with van der Waals surface area (Å²) in [4.78, 5) is 4.47. The number of benzene rings is 1. The van der Waals surface area contributed by atoms with Crippen LogP contribution < -0.4 is 0 Å². The van der Waals surface area contributed by atoms with Gasteiger partial charge in [0.25, 0.3) is 0 Å². The molecule has 1 fully saturated rings. The molecule has 0 bridgehead atoms. The molecule has 3 heterocycles. The Hall–Kier alpha value is -1.71. The molecule has 1 aromatic carbocycles. The van der Waals surface area contributed by atoms with E-state index in [4.69, 9.17) is 4.42 Å². The number of sulfone groups is 1. The fraction of sp³-hybridized carbons (Fsp3) is 0.471. The van der Waals surface area contributed by atoms with E-state index in [0.717, 1.165) is 11.3 Å². The Morgan fingerprint density at radius 3 is 2.69 bits per heavy atom. The lowest BCUT2D eigenvalue weighted by molar-refractivity contribution is 0.354. The maximum absolute atomic E-state index is 12.8. The highest BCUT2D eigenvalue weighted by atomic mass is 32.2. The van der Waals surface area contributed by atoms with Crippen LogP contribution in [0, 0.1) is 0 Å². The van der Waals surface area contributed by atoms with Gasteiger partial charge in [0.1, 0.15) is 5.76 Å². The molecule has 0 radical (unpaired) electrons. The standard InChI is InChI=1S/C17H20N2O5S2/c20-25(21)9-7-14(12-25)26(22,23)19-8-6-16-15(11-19)18-17(24-16)10-13-4-2-1-3-5-13/h1-5,14H,6-12H2. The molecule has 9 heteroatoms. The maximum atomic E-state index is 12.8. The zero-order valence-electron chi connectivity index (χ0n) is 14.2. The van der Waals surface area contributed by atoms with E-state index in [0.29, 0.717) is 31.0 Å². The van der Waals surface area contributed by atoms with Crippen LogP contribution in [-0.4, -0.2) is 49.4 Å². The van der Waals surface area contributed by atoms with E-state index in [-0.39, 0.29) is 24.5 Å². The first kappa shape index (κ1) is 17.7. The molecule has 0 aliphatic carbocycles. The minimum Gasteiger partial charge on any atom is -0.445 e. The van der Waals surface area contributed by atoms with Gasteiger partial charge < -0.3 is 4.42 Å². The summed E-state index contributed by atoms with van der Waals surface area (Å²) in [6, 6.07) is 9.81. The van der Waals surface area contributed by atoms with Crippen molar-refractivity contribution in [2.45, 2.75) is 31.1 Å². The van der Waals surface area contributed by atoms with Crippen molar-refractivity contribution < 1.29 is 21.3 Å². The lowest BCUT2D eigenvalue weighted by atomic mass is 10.1. The number of fused-ring (bicyclic) bond motifs is 1. The SMILES string of the molecule is O=S1(=O)CCC(S(=O)(=O)N2CCc3oc(Cc4ccccc4)nc3C2)C1. The number of hydrogen-bond donors (Lipinski definition) is 0. The normalized spacial score (nSPS) is 23.0. The first-order chi connectivity index (χ1) is 12.3. The maximum Gasteiger partial charge on any atom is 0.218 e. The predicted octanol–water partition coefficient (Wildman–Crippen LogP) is 1.14. The van der Waals surface area contributed by atoms with Gasteiger partial charge in [0.15, 0.2) is 15.7 Å². The van der Waals surface area contributed by atoms with Crippen LogP contribution in [0.3, 0.4) is 0 Å². The third-order valence-corrected chi connectivity index (χ3v) is 9.16. The summed E-state index contributed by atoms with van der Waals surface area (Å²) in [5.41, 5.74) is 1.71. The van der Waals surface area contributed by atoms with E-state index < -0.39 is 25.1 Å². The van der Waals surface area contributed by atoms with Gasteiger partial charge in [-0.05, 0) is 12.0 Å². The van der Waals surface area contributed by atoms with Gasteiger partial charge in [-0.15, -0.1) is 0 Å². The Kier molecular flexibility index (Phi) is 4.40. The third-order valence-electron chi connectivity index (χ3n) is 4.91. The lowest BCUT2D eigenvalue weighted by Gasteiger charge is -2.27. The molecule has 0 saturated carbocycles. The van der Waals surface area contributed by atoms with Crippen molar-refractivity contribution >= 4 is 19.9 Å². The highest BCUT2D eigenvalue weighted by molar-refractivity contribution is 7.95. The van der Waals surface area contributed by atoms with Crippen molar-refractivity contribution in [2.75, 3.05) is 18.1 Å². The van der Waals surface area contributed by atoms with Gasteiger partial charge in [0, 0.05) is 19.4 Å². The van der Waals surface area contributed by atoms with Gasteiger partial charge in [-0.25, -0.2) is 21.8 Å². The number of aromatic nitrogens is 1. The molecule has 1 saturated heterocycles. The molecule has 4 rings (SSSR count). The summed E-state index contributed by atoms with van der Waals surface area (Å²) in [5.74, 6) is 0.961. The van der Waals surface area contributed by atoms with E-state index in [1.165, 1.54) is 4.31 Å². The average Bonchev–Trinajstić information content (AvgIpc) is 3.17. The molecule has 1 unspecified atom stereocenters. The zero-order chi connectivity index (χ0) is 18.4. The van der Waals surface area contributed by atoms with Gasteiger partial charge >= 0.3 is 0 Å². The molecule has 140 valence electrons. The van der Waals surface area contributed by atoms with Crippen molar-refractivity contribution in [3.63, 3.8) is 0 Å². The summed E-state index contributed by atoms with van der Waals surface area (Å²) >= 11 is 0. The zero-order valence-corrected chi connectivity index (χ0v) is 15.8.